The number of piperidine rings is 1. The van der Waals surface area contributed by atoms with E-state index in [0.717, 1.165) is 24.8 Å². The molecule has 5 heteroatoms. The molecule has 0 bridgehead atoms. The van der Waals surface area contributed by atoms with Crippen LogP contribution in [0, 0.1) is 5.92 Å². The van der Waals surface area contributed by atoms with E-state index in [4.69, 9.17) is 21.1 Å². The molecule has 1 N–H and O–H groups in total. The minimum absolute atomic E-state index is 0.577. The van der Waals surface area contributed by atoms with Crippen LogP contribution in [0.1, 0.15) is 18.4 Å². The van der Waals surface area contributed by atoms with Crippen LogP contribution in [0.25, 0.3) is 0 Å². The van der Waals surface area contributed by atoms with E-state index < -0.39 is 0 Å². The number of benzene rings is 1. The predicted octanol–water partition coefficient (Wildman–Crippen LogP) is 2.29. The van der Waals surface area contributed by atoms with Gasteiger partial charge >= 0.3 is 0 Å². The summed E-state index contributed by atoms with van der Waals surface area (Å²) >= 11 is 6.34. The van der Waals surface area contributed by atoms with Crippen LogP contribution >= 0.6 is 11.6 Å². The minimum atomic E-state index is 0.577. The molecule has 0 amide bonds. The number of hydrogen-bond donors (Lipinski definition) is 1. The topological polar surface area (TPSA) is 33.7 Å². The lowest BCUT2D eigenvalue weighted by Crippen LogP contribution is -2.44. The highest BCUT2D eigenvalue weighted by Gasteiger charge is 2.34. The Labute approximate surface area is 130 Å². The van der Waals surface area contributed by atoms with Crippen molar-refractivity contribution < 1.29 is 9.47 Å². The summed E-state index contributed by atoms with van der Waals surface area (Å²) in [5.74, 6) is 2.30. The average molecular weight is 309 g/mol. The maximum absolute atomic E-state index is 6.34. The summed E-state index contributed by atoms with van der Waals surface area (Å²) in [5.41, 5.74) is 1.22. The van der Waals surface area contributed by atoms with Gasteiger partial charge in [-0.1, -0.05) is 11.6 Å². The lowest BCUT2D eigenvalue weighted by atomic mass is 9.91. The van der Waals surface area contributed by atoms with Gasteiger partial charge in [-0.05, 0) is 49.5 Å². The molecule has 21 heavy (non-hydrogen) atoms. The number of nitrogens with one attached hydrogen (secondary N) is 1. The molecule has 3 heterocycles. The number of rotatable bonds is 2. The normalized spacial score (nSPS) is 28.4. The van der Waals surface area contributed by atoms with E-state index in [-0.39, 0.29) is 0 Å². The van der Waals surface area contributed by atoms with Crippen LogP contribution in [0.5, 0.6) is 11.5 Å². The van der Waals surface area contributed by atoms with Gasteiger partial charge in [0.1, 0.15) is 13.2 Å². The van der Waals surface area contributed by atoms with Crippen molar-refractivity contribution in [3.8, 4) is 11.5 Å². The molecule has 0 aliphatic carbocycles. The van der Waals surface area contributed by atoms with Gasteiger partial charge in [-0.15, -0.1) is 0 Å². The second-order valence-electron chi connectivity index (χ2n) is 6.20. The summed E-state index contributed by atoms with van der Waals surface area (Å²) in [6.45, 7) is 5.58. The highest BCUT2D eigenvalue weighted by Crippen LogP contribution is 2.39. The zero-order chi connectivity index (χ0) is 14.2. The van der Waals surface area contributed by atoms with Crippen molar-refractivity contribution >= 4 is 11.6 Å². The van der Waals surface area contributed by atoms with Crippen molar-refractivity contribution in [2.75, 3.05) is 32.8 Å². The molecule has 0 aromatic heterocycles. The standard InChI is InChI=1S/C16H21ClN2O2/c17-13-6-11(7-15-16(13)21-5-4-20-15)10-19-3-1-2-12-8-18-9-14(12)19/h6-7,12,14,18H,1-5,8-10H2. The third-order valence-electron chi connectivity index (χ3n) is 4.84. The maximum atomic E-state index is 6.34. The van der Waals surface area contributed by atoms with Gasteiger partial charge in [-0.2, -0.15) is 0 Å². The molecule has 2 atom stereocenters. The first-order valence-corrected chi connectivity index (χ1v) is 8.22. The van der Waals surface area contributed by atoms with Crippen molar-refractivity contribution in [2.45, 2.75) is 25.4 Å². The van der Waals surface area contributed by atoms with Gasteiger partial charge in [-0.3, -0.25) is 4.90 Å². The molecule has 0 saturated carbocycles. The van der Waals surface area contributed by atoms with Crippen LogP contribution in [0.4, 0.5) is 0 Å². The Morgan fingerprint density at radius 3 is 3.10 bits per heavy atom. The molecule has 3 aliphatic rings. The van der Waals surface area contributed by atoms with Crippen molar-refractivity contribution in [3.63, 3.8) is 0 Å². The van der Waals surface area contributed by atoms with Gasteiger partial charge in [0.2, 0.25) is 0 Å². The molecule has 0 spiro atoms. The number of hydrogen-bond acceptors (Lipinski definition) is 4. The largest absolute Gasteiger partial charge is 0.486 e. The molecular formula is C16H21ClN2O2. The molecule has 1 aromatic carbocycles. The Hall–Kier alpha value is -0.970. The van der Waals surface area contributed by atoms with E-state index in [1.165, 1.54) is 31.5 Å². The molecular weight excluding hydrogens is 288 g/mol. The Bertz CT molecular complexity index is 537. The highest BCUT2D eigenvalue weighted by molar-refractivity contribution is 6.32. The van der Waals surface area contributed by atoms with Gasteiger partial charge in [0.15, 0.2) is 11.5 Å². The van der Waals surface area contributed by atoms with Crippen LogP contribution < -0.4 is 14.8 Å². The first-order chi connectivity index (χ1) is 10.3. The number of nitrogens with zero attached hydrogens (tertiary/aromatic N) is 1. The fraction of sp³-hybridized carbons (Fsp3) is 0.625. The summed E-state index contributed by atoms with van der Waals surface area (Å²) in [6, 6.07) is 4.79. The highest BCUT2D eigenvalue weighted by atomic mass is 35.5. The lowest BCUT2D eigenvalue weighted by molar-refractivity contribution is 0.117. The fourth-order valence-electron chi connectivity index (χ4n) is 3.85. The Morgan fingerprint density at radius 1 is 1.24 bits per heavy atom. The summed E-state index contributed by atoms with van der Waals surface area (Å²) in [6.07, 6.45) is 2.65. The molecule has 1 aromatic rings. The number of ether oxygens (including phenoxy) is 2. The molecule has 3 aliphatic heterocycles. The van der Waals surface area contributed by atoms with E-state index in [0.29, 0.717) is 30.0 Å². The van der Waals surface area contributed by atoms with E-state index in [9.17, 15) is 0 Å². The van der Waals surface area contributed by atoms with Crippen molar-refractivity contribution in [3.05, 3.63) is 22.7 Å². The summed E-state index contributed by atoms with van der Waals surface area (Å²) in [4.78, 5) is 2.59. The van der Waals surface area contributed by atoms with Crippen molar-refractivity contribution in [2.24, 2.45) is 5.92 Å². The molecule has 2 fully saturated rings. The molecule has 114 valence electrons. The minimum Gasteiger partial charge on any atom is -0.486 e. The number of fused-ring (bicyclic) bond motifs is 2. The van der Waals surface area contributed by atoms with E-state index >= 15 is 0 Å². The summed E-state index contributed by atoms with van der Waals surface area (Å²) in [5, 5.41) is 4.20. The molecule has 0 radical (unpaired) electrons. The van der Waals surface area contributed by atoms with E-state index in [1.54, 1.807) is 0 Å². The zero-order valence-corrected chi connectivity index (χ0v) is 12.9. The van der Waals surface area contributed by atoms with Gasteiger partial charge in [0, 0.05) is 19.1 Å². The van der Waals surface area contributed by atoms with Crippen LogP contribution in [0.15, 0.2) is 12.1 Å². The third-order valence-corrected chi connectivity index (χ3v) is 5.12. The maximum Gasteiger partial charge on any atom is 0.179 e. The Balaban J connectivity index is 1.55. The average Bonchev–Trinajstić information content (AvgIpc) is 2.97. The molecule has 2 saturated heterocycles. The quantitative estimate of drug-likeness (QED) is 0.909. The van der Waals surface area contributed by atoms with E-state index in [2.05, 4.69) is 16.3 Å². The first-order valence-electron chi connectivity index (χ1n) is 7.84. The first kappa shape index (κ1) is 13.7. The molecule has 4 rings (SSSR count). The summed E-state index contributed by atoms with van der Waals surface area (Å²) in [7, 11) is 0. The summed E-state index contributed by atoms with van der Waals surface area (Å²) < 4.78 is 11.3. The van der Waals surface area contributed by atoms with Gasteiger partial charge in [0.25, 0.3) is 0 Å². The number of halogens is 1. The number of likely N-dealkylation sites (tertiary alicyclic amines) is 1. The third kappa shape index (κ3) is 2.60. The van der Waals surface area contributed by atoms with Crippen molar-refractivity contribution in [1.82, 2.24) is 10.2 Å². The second kappa shape index (κ2) is 5.67. The fourth-order valence-corrected chi connectivity index (χ4v) is 4.14. The van der Waals surface area contributed by atoms with Crippen LogP contribution in [0.2, 0.25) is 5.02 Å². The monoisotopic (exact) mass is 308 g/mol. The van der Waals surface area contributed by atoms with Gasteiger partial charge in [-0.25, -0.2) is 0 Å². The van der Waals surface area contributed by atoms with Gasteiger partial charge in [0.05, 0.1) is 5.02 Å². The SMILES string of the molecule is Clc1cc(CN2CCCC3CNCC32)cc2c1OCCO2. The zero-order valence-electron chi connectivity index (χ0n) is 12.1. The Morgan fingerprint density at radius 2 is 2.14 bits per heavy atom. The van der Waals surface area contributed by atoms with Crippen LogP contribution in [0.3, 0.4) is 0 Å². The van der Waals surface area contributed by atoms with E-state index in [1.807, 2.05) is 6.07 Å². The molecule has 4 nitrogen and oxygen atoms in total. The Kier molecular flexibility index (Phi) is 3.69. The van der Waals surface area contributed by atoms with Crippen molar-refractivity contribution in [1.29, 1.82) is 0 Å². The van der Waals surface area contributed by atoms with Crippen LogP contribution in [-0.4, -0.2) is 43.8 Å². The molecule has 2 unspecified atom stereocenters. The lowest BCUT2D eigenvalue weighted by Gasteiger charge is -2.37. The van der Waals surface area contributed by atoms with Crippen LogP contribution in [-0.2, 0) is 6.54 Å². The smallest absolute Gasteiger partial charge is 0.179 e. The van der Waals surface area contributed by atoms with Gasteiger partial charge < -0.3 is 14.8 Å². The second-order valence-corrected chi connectivity index (χ2v) is 6.61. The predicted molar refractivity (Wildman–Crippen MR) is 82.2 cm³/mol.